The summed E-state index contributed by atoms with van der Waals surface area (Å²) in [5.74, 6) is 1.89. The second-order valence-electron chi connectivity index (χ2n) is 7.55. The lowest BCUT2D eigenvalue weighted by atomic mass is 10.0. The number of nitrogens with zero attached hydrogens (tertiary/aromatic N) is 2. The molecule has 2 aromatic heterocycles. The molecular formula is C23H21N3O4S. The predicted molar refractivity (Wildman–Crippen MR) is 117 cm³/mol. The first-order valence-electron chi connectivity index (χ1n) is 10.0. The van der Waals surface area contributed by atoms with Crippen LogP contribution in [0.4, 0.5) is 0 Å². The molecular weight excluding hydrogens is 414 g/mol. The standard InChI is InChI=1S/C23H21N3O4S/c1-31(27,28)16-9-7-15(8-10-16)30-22-14-20-19(13-17(22)21-6-4-12-29-21)25-23(26-20)18-5-2-3-11-24-18/h2-3,5,7-11,13-14,21H,4,6,12H2,1H3,(H,25,26). The second-order valence-corrected chi connectivity index (χ2v) is 9.57. The monoisotopic (exact) mass is 435 g/mol. The lowest BCUT2D eigenvalue weighted by Crippen LogP contribution is -2.00. The van der Waals surface area contributed by atoms with Crippen LogP contribution in [0.25, 0.3) is 22.6 Å². The van der Waals surface area contributed by atoms with Gasteiger partial charge in [-0.15, -0.1) is 0 Å². The number of ether oxygens (including phenoxy) is 2. The molecule has 2 aromatic carbocycles. The van der Waals surface area contributed by atoms with E-state index in [2.05, 4.69) is 9.97 Å². The number of nitrogens with one attached hydrogen (secondary N) is 1. The second kappa shape index (κ2) is 7.79. The van der Waals surface area contributed by atoms with Crippen molar-refractivity contribution in [2.24, 2.45) is 0 Å². The molecule has 0 radical (unpaired) electrons. The van der Waals surface area contributed by atoms with E-state index in [0.29, 0.717) is 23.9 Å². The quantitative estimate of drug-likeness (QED) is 0.489. The van der Waals surface area contributed by atoms with E-state index >= 15 is 0 Å². The zero-order valence-electron chi connectivity index (χ0n) is 16.9. The molecule has 0 amide bonds. The van der Waals surface area contributed by atoms with Crippen molar-refractivity contribution in [3.8, 4) is 23.0 Å². The molecule has 8 heteroatoms. The maximum absolute atomic E-state index is 11.7. The molecule has 1 N–H and O–H groups in total. The maximum Gasteiger partial charge on any atom is 0.175 e. The van der Waals surface area contributed by atoms with Crippen LogP contribution in [-0.4, -0.2) is 36.2 Å². The molecule has 5 rings (SSSR count). The molecule has 1 unspecified atom stereocenters. The van der Waals surface area contributed by atoms with Crippen molar-refractivity contribution in [2.75, 3.05) is 12.9 Å². The highest BCUT2D eigenvalue weighted by atomic mass is 32.2. The highest BCUT2D eigenvalue weighted by molar-refractivity contribution is 7.90. The van der Waals surface area contributed by atoms with E-state index in [0.717, 1.165) is 35.1 Å². The molecule has 0 saturated carbocycles. The van der Waals surface area contributed by atoms with Crippen LogP contribution < -0.4 is 4.74 Å². The van der Waals surface area contributed by atoms with Crippen LogP contribution >= 0.6 is 0 Å². The van der Waals surface area contributed by atoms with Gasteiger partial charge in [0, 0.05) is 30.7 Å². The van der Waals surface area contributed by atoms with Crippen molar-refractivity contribution in [3.05, 3.63) is 66.4 Å². The van der Waals surface area contributed by atoms with Gasteiger partial charge in [0.25, 0.3) is 0 Å². The van der Waals surface area contributed by atoms with Crippen LogP contribution in [0.15, 0.2) is 65.7 Å². The van der Waals surface area contributed by atoms with Gasteiger partial charge in [-0.1, -0.05) is 6.07 Å². The fourth-order valence-electron chi connectivity index (χ4n) is 3.72. The zero-order valence-corrected chi connectivity index (χ0v) is 17.7. The highest BCUT2D eigenvalue weighted by Crippen LogP contribution is 2.39. The van der Waals surface area contributed by atoms with Gasteiger partial charge in [0.15, 0.2) is 15.7 Å². The van der Waals surface area contributed by atoms with Gasteiger partial charge in [-0.2, -0.15) is 0 Å². The van der Waals surface area contributed by atoms with Crippen LogP contribution in [-0.2, 0) is 14.6 Å². The largest absolute Gasteiger partial charge is 0.457 e. The van der Waals surface area contributed by atoms with Gasteiger partial charge >= 0.3 is 0 Å². The Morgan fingerprint density at radius 3 is 2.65 bits per heavy atom. The number of imidazole rings is 1. The van der Waals surface area contributed by atoms with Crippen molar-refractivity contribution in [2.45, 2.75) is 23.8 Å². The Labute approximate surface area is 180 Å². The highest BCUT2D eigenvalue weighted by Gasteiger charge is 2.24. The first-order valence-corrected chi connectivity index (χ1v) is 11.9. The van der Waals surface area contributed by atoms with Crippen LogP contribution in [0, 0.1) is 0 Å². The first-order chi connectivity index (χ1) is 15.0. The summed E-state index contributed by atoms with van der Waals surface area (Å²) >= 11 is 0. The molecule has 4 aromatic rings. The summed E-state index contributed by atoms with van der Waals surface area (Å²) in [6, 6.07) is 16.0. The van der Waals surface area contributed by atoms with Gasteiger partial charge < -0.3 is 14.5 Å². The van der Waals surface area contributed by atoms with Crippen molar-refractivity contribution in [3.63, 3.8) is 0 Å². The normalized spacial score (nSPS) is 16.6. The Bertz CT molecular complexity index is 1330. The fourth-order valence-corrected chi connectivity index (χ4v) is 4.35. The molecule has 3 heterocycles. The van der Waals surface area contributed by atoms with E-state index in [1.54, 1.807) is 30.5 Å². The molecule has 31 heavy (non-hydrogen) atoms. The van der Waals surface area contributed by atoms with E-state index < -0.39 is 9.84 Å². The van der Waals surface area contributed by atoms with Crippen LogP contribution in [0.3, 0.4) is 0 Å². The SMILES string of the molecule is CS(=O)(=O)c1ccc(Oc2cc3[nH]c(-c4ccccn4)nc3cc2C2CCCO2)cc1. The van der Waals surface area contributed by atoms with Crippen LogP contribution in [0.5, 0.6) is 11.5 Å². The first kappa shape index (κ1) is 19.7. The van der Waals surface area contributed by atoms with E-state index in [1.807, 2.05) is 30.3 Å². The van der Waals surface area contributed by atoms with Gasteiger partial charge in [0.2, 0.25) is 0 Å². The summed E-state index contributed by atoms with van der Waals surface area (Å²) < 4.78 is 35.5. The molecule has 1 aliphatic rings. The lowest BCUT2D eigenvalue weighted by Gasteiger charge is -2.16. The third kappa shape index (κ3) is 4.04. The van der Waals surface area contributed by atoms with Crippen molar-refractivity contribution in [1.29, 1.82) is 0 Å². The summed E-state index contributed by atoms with van der Waals surface area (Å²) in [5.41, 5.74) is 3.32. The van der Waals surface area contributed by atoms with Crippen molar-refractivity contribution in [1.82, 2.24) is 15.0 Å². The Kier molecular flexibility index (Phi) is 4.95. The number of hydrogen-bond acceptors (Lipinski definition) is 6. The Morgan fingerprint density at radius 2 is 1.97 bits per heavy atom. The molecule has 1 atom stereocenters. The summed E-state index contributed by atoms with van der Waals surface area (Å²) in [7, 11) is -3.26. The minimum atomic E-state index is -3.26. The summed E-state index contributed by atoms with van der Waals surface area (Å²) in [6.07, 6.45) is 4.75. The number of fused-ring (bicyclic) bond motifs is 1. The zero-order chi connectivity index (χ0) is 21.4. The van der Waals surface area contributed by atoms with Crippen LogP contribution in [0.1, 0.15) is 24.5 Å². The third-order valence-corrected chi connectivity index (χ3v) is 6.41. The summed E-state index contributed by atoms with van der Waals surface area (Å²) in [4.78, 5) is 12.6. The number of benzene rings is 2. The van der Waals surface area contributed by atoms with Gasteiger partial charge in [0.05, 0.1) is 22.0 Å². The summed E-state index contributed by atoms with van der Waals surface area (Å²) in [6.45, 7) is 0.713. The Balaban J connectivity index is 1.55. The number of aromatic amines is 1. The molecule has 0 bridgehead atoms. The number of aromatic nitrogens is 3. The molecule has 1 saturated heterocycles. The predicted octanol–water partition coefficient (Wildman–Crippen LogP) is 4.67. The Morgan fingerprint density at radius 1 is 1.13 bits per heavy atom. The van der Waals surface area contributed by atoms with Gasteiger partial charge in [-0.25, -0.2) is 13.4 Å². The Hall–Kier alpha value is -3.23. The van der Waals surface area contributed by atoms with E-state index in [4.69, 9.17) is 14.5 Å². The lowest BCUT2D eigenvalue weighted by molar-refractivity contribution is 0.110. The molecule has 0 spiro atoms. The maximum atomic E-state index is 11.7. The molecule has 1 fully saturated rings. The smallest absolute Gasteiger partial charge is 0.175 e. The number of H-pyrrole nitrogens is 1. The number of sulfone groups is 1. The molecule has 7 nitrogen and oxygen atoms in total. The van der Waals surface area contributed by atoms with Crippen molar-refractivity contribution < 1.29 is 17.9 Å². The van der Waals surface area contributed by atoms with E-state index in [9.17, 15) is 8.42 Å². The average molecular weight is 436 g/mol. The minimum Gasteiger partial charge on any atom is -0.457 e. The van der Waals surface area contributed by atoms with E-state index in [-0.39, 0.29) is 11.0 Å². The van der Waals surface area contributed by atoms with Gasteiger partial charge in [-0.05, 0) is 55.3 Å². The van der Waals surface area contributed by atoms with Gasteiger partial charge in [0.1, 0.15) is 17.2 Å². The van der Waals surface area contributed by atoms with Crippen molar-refractivity contribution >= 4 is 20.9 Å². The number of rotatable bonds is 5. The minimum absolute atomic E-state index is 0.0651. The molecule has 0 aliphatic carbocycles. The average Bonchev–Trinajstić information content (AvgIpc) is 3.43. The molecule has 1 aliphatic heterocycles. The number of hydrogen-bond donors (Lipinski definition) is 1. The summed E-state index contributed by atoms with van der Waals surface area (Å²) in [5, 5.41) is 0. The fraction of sp³-hybridized carbons (Fsp3) is 0.217. The molecule has 158 valence electrons. The van der Waals surface area contributed by atoms with Gasteiger partial charge in [-0.3, -0.25) is 4.98 Å². The van der Waals surface area contributed by atoms with Crippen LogP contribution in [0.2, 0.25) is 0 Å². The van der Waals surface area contributed by atoms with E-state index in [1.165, 1.54) is 6.26 Å². The topological polar surface area (TPSA) is 94.2 Å². The number of pyridine rings is 1. The third-order valence-electron chi connectivity index (χ3n) is 5.28.